The molecule has 0 amide bonds. The average Bonchev–Trinajstić information content (AvgIpc) is 2.44. The standard InChI is InChI=1S/C17H28ClNO/c1-5-12-19-15(10-11-17(2,3)20-4)13-14-8-6-7-9-16(14)18/h6-9,15,19H,5,10-13H2,1-4H3. The van der Waals surface area contributed by atoms with Gasteiger partial charge in [-0.1, -0.05) is 36.7 Å². The average molecular weight is 298 g/mol. The fourth-order valence-corrected chi connectivity index (χ4v) is 2.39. The van der Waals surface area contributed by atoms with Crippen LogP contribution in [0.5, 0.6) is 0 Å². The molecule has 0 aliphatic heterocycles. The smallest absolute Gasteiger partial charge is 0.0623 e. The van der Waals surface area contributed by atoms with Gasteiger partial charge in [-0.05, 0) is 57.7 Å². The number of benzene rings is 1. The van der Waals surface area contributed by atoms with Crippen LogP contribution in [0, 0.1) is 0 Å². The van der Waals surface area contributed by atoms with E-state index in [0.717, 1.165) is 37.3 Å². The first-order chi connectivity index (χ1) is 9.48. The summed E-state index contributed by atoms with van der Waals surface area (Å²) in [5.74, 6) is 0. The first kappa shape index (κ1) is 17.5. The molecule has 0 aliphatic carbocycles. The van der Waals surface area contributed by atoms with Crippen LogP contribution in [0.15, 0.2) is 24.3 Å². The molecule has 1 rings (SSSR count). The number of halogens is 1. The highest BCUT2D eigenvalue weighted by atomic mass is 35.5. The van der Waals surface area contributed by atoms with Crippen LogP contribution in [0.3, 0.4) is 0 Å². The predicted octanol–water partition coefficient (Wildman–Crippen LogP) is 4.46. The van der Waals surface area contributed by atoms with Crippen LogP contribution in [-0.2, 0) is 11.2 Å². The molecule has 1 unspecified atom stereocenters. The summed E-state index contributed by atoms with van der Waals surface area (Å²) in [4.78, 5) is 0. The molecule has 0 saturated carbocycles. The lowest BCUT2D eigenvalue weighted by atomic mass is 9.95. The highest BCUT2D eigenvalue weighted by Crippen LogP contribution is 2.21. The number of hydrogen-bond acceptors (Lipinski definition) is 2. The van der Waals surface area contributed by atoms with Crippen molar-refractivity contribution in [2.45, 2.75) is 58.1 Å². The van der Waals surface area contributed by atoms with Crippen LogP contribution in [0.2, 0.25) is 5.02 Å². The summed E-state index contributed by atoms with van der Waals surface area (Å²) in [5.41, 5.74) is 1.16. The molecule has 114 valence electrons. The monoisotopic (exact) mass is 297 g/mol. The minimum absolute atomic E-state index is 0.0629. The third-order valence-corrected chi connectivity index (χ3v) is 4.12. The topological polar surface area (TPSA) is 21.3 Å². The van der Waals surface area contributed by atoms with Crippen molar-refractivity contribution in [1.29, 1.82) is 0 Å². The van der Waals surface area contributed by atoms with E-state index in [1.807, 2.05) is 12.1 Å². The Morgan fingerprint density at radius 2 is 2.00 bits per heavy atom. The van der Waals surface area contributed by atoms with Gasteiger partial charge in [-0.25, -0.2) is 0 Å². The zero-order valence-corrected chi connectivity index (χ0v) is 14.0. The Labute approximate surface area is 128 Å². The molecule has 1 aromatic rings. The quantitative estimate of drug-likeness (QED) is 0.727. The molecule has 2 nitrogen and oxygen atoms in total. The molecule has 0 bridgehead atoms. The Bertz CT molecular complexity index is 392. The number of nitrogens with one attached hydrogen (secondary N) is 1. The third-order valence-electron chi connectivity index (χ3n) is 3.75. The highest BCUT2D eigenvalue weighted by molar-refractivity contribution is 6.31. The zero-order chi connectivity index (χ0) is 15.0. The van der Waals surface area contributed by atoms with Gasteiger partial charge in [-0.3, -0.25) is 0 Å². The van der Waals surface area contributed by atoms with Crippen LogP contribution in [-0.4, -0.2) is 25.3 Å². The van der Waals surface area contributed by atoms with Crippen molar-refractivity contribution in [3.8, 4) is 0 Å². The van der Waals surface area contributed by atoms with Gasteiger partial charge in [0.1, 0.15) is 0 Å². The number of hydrogen-bond donors (Lipinski definition) is 1. The fraction of sp³-hybridized carbons (Fsp3) is 0.647. The van der Waals surface area contributed by atoms with E-state index in [1.54, 1.807) is 7.11 Å². The van der Waals surface area contributed by atoms with E-state index in [0.29, 0.717) is 6.04 Å². The maximum atomic E-state index is 6.27. The molecule has 0 aromatic heterocycles. The van der Waals surface area contributed by atoms with Gasteiger partial charge in [0.15, 0.2) is 0 Å². The second-order valence-electron chi connectivity index (χ2n) is 5.95. The van der Waals surface area contributed by atoms with Crippen molar-refractivity contribution in [2.75, 3.05) is 13.7 Å². The lowest BCUT2D eigenvalue weighted by molar-refractivity contribution is 0.0117. The van der Waals surface area contributed by atoms with Crippen molar-refractivity contribution in [3.05, 3.63) is 34.9 Å². The molecule has 20 heavy (non-hydrogen) atoms. The summed E-state index contributed by atoms with van der Waals surface area (Å²) in [6.07, 6.45) is 4.24. The molecule has 0 aliphatic rings. The van der Waals surface area contributed by atoms with Gasteiger partial charge in [0, 0.05) is 18.2 Å². The van der Waals surface area contributed by atoms with E-state index in [1.165, 1.54) is 5.56 Å². The van der Waals surface area contributed by atoms with E-state index in [2.05, 4.69) is 38.2 Å². The van der Waals surface area contributed by atoms with E-state index in [9.17, 15) is 0 Å². The molecule has 0 spiro atoms. The number of ether oxygens (including phenoxy) is 1. The van der Waals surface area contributed by atoms with Crippen LogP contribution in [0.25, 0.3) is 0 Å². The molecule has 3 heteroatoms. The highest BCUT2D eigenvalue weighted by Gasteiger charge is 2.19. The van der Waals surface area contributed by atoms with Gasteiger partial charge in [-0.2, -0.15) is 0 Å². The molecule has 0 fully saturated rings. The van der Waals surface area contributed by atoms with Crippen molar-refractivity contribution in [2.24, 2.45) is 0 Å². The Kier molecular flexibility index (Phi) is 7.57. The van der Waals surface area contributed by atoms with Gasteiger partial charge in [0.2, 0.25) is 0 Å². The SMILES string of the molecule is CCCNC(CCC(C)(C)OC)Cc1ccccc1Cl. The Morgan fingerprint density at radius 3 is 2.60 bits per heavy atom. The summed E-state index contributed by atoms with van der Waals surface area (Å²) in [6, 6.07) is 8.56. The second-order valence-corrected chi connectivity index (χ2v) is 6.36. The molecule has 0 heterocycles. The van der Waals surface area contributed by atoms with Crippen molar-refractivity contribution < 1.29 is 4.74 Å². The van der Waals surface area contributed by atoms with Gasteiger partial charge < -0.3 is 10.1 Å². The van der Waals surface area contributed by atoms with Crippen molar-refractivity contribution in [1.82, 2.24) is 5.32 Å². The first-order valence-electron chi connectivity index (χ1n) is 7.50. The summed E-state index contributed by atoms with van der Waals surface area (Å²) < 4.78 is 5.51. The summed E-state index contributed by atoms with van der Waals surface area (Å²) >= 11 is 6.27. The van der Waals surface area contributed by atoms with Gasteiger partial charge >= 0.3 is 0 Å². The van der Waals surface area contributed by atoms with Crippen molar-refractivity contribution in [3.63, 3.8) is 0 Å². The largest absolute Gasteiger partial charge is 0.379 e. The number of methoxy groups -OCH3 is 1. The lowest BCUT2D eigenvalue weighted by Gasteiger charge is -2.26. The minimum Gasteiger partial charge on any atom is -0.379 e. The van der Waals surface area contributed by atoms with E-state index >= 15 is 0 Å². The molecular weight excluding hydrogens is 270 g/mol. The zero-order valence-electron chi connectivity index (χ0n) is 13.2. The fourth-order valence-electron chi connectivity index (χ4n) is 2.18. The summed E-state index contributed by atoms with van der Waals surface area (Å²) in [7, 11) is 1.78. The van der Waals surface area contributed by atoms with Crippen LogP contribution in [0.1, 0.15) is 45.6 Å². The van der Waals surface area contributed by atoms with Crippen LogP contribution < -0.4 is 5.32 Å². The molecule has 0 radical (unpaired) electrons. The summed E-state index contributed by atoms with van der Waals surface area (Å²) in [6.45, 7) is 7.51. The lowest BCUT2D eigenvalue weighted by Crippen LogP contribution is -2.34. The van der Waals surface area contributed by atoms with E-state index in [-0.39, 0.29) is 5.60 Å². The van der Waals surface area contributed by atoms with Gasteiger partial charge in [0.25, 0.3) is 0 Å². The molecular formula is C17H28ClNO. The van der Waals surface area contributed by atoms with Gasteiger partial charge in [0.05, 0.1) is 5.60 Å². The maximum Gasteiger partial charge on any atom is 0.0623 e. The molecule has 0 saturated heterocycles. The third kappa shape index (κ3) is 6.25. The van der Waals surface area contributed by atoms with Gasteiger partial charge in [-0.15, -0.1) is 0 Å². The Morgan fingerprint density at radius 1 is 1.30 bits per heavy atom. The Hall–Kier alpha value is -0.570. The number of rotatable bonds is 9. The maximum absolute atomic E-state index is 6.27. The predicted molar refractivity (Wildman–Crippen MR) is 87.6 cm³/mol. The molecule has 1 aromatic carbocycles. The first-order valence-corrected chi connectivity index (χ1v) is 7.88. The normalized spacial score (nSPS) is 13.4. The van der Waals surface area contributed by atoms with E-state index in [4.69, 9.17) is 16.3 Å². The van der Waals surface area contributed by atoms with Crippen LogP contribution >= 0.6 is 11.6 Å². The van der Waals surface area contributed by atoms with E-state index < -0.39 is 0 Å². The summed E-state index contributed by atoms with van der Waals surface area (Å²) in [5, 5.41) is 4.49. The van der Waals surface area contributed by atoms with Crippen LogP contribution in [0.4, 0.5) is 0 Å². The van der Waals surface area contributed by atoms with Crippen molar-refractivity contribution >= 4 is 11.6 Å². The second kappa shape index (κ2) is 8.66. The molecule has 1 N–H and O–H groups in total. The Balaban J connectivity index is 2.62. The minimum atomic E-state index is -0.0629. The molecule has 1 atom stereocenters.